The van der Waals surface area contributed by atoms with Crippen LogP contribution >= 0.6 is 15.9 Å². The zero-order valence-corrected chi connectivity index (χ0v) is 11.6. The summed E-state index contributed by atoms with van der Waals surface area (Å²) < 4.78 is 1.51. The molecule has 0 fully saturated rings. The average molecular weight is 338 g/mol. The Morgan fingerprint density at radius 3 is 2.75 bits per heavy atom. The Kier molecular flexibility index (Phi) is 4.04. The summed E-state index contributed by atoms with van der Waals surface area (Å²) >= 11 is 3.23. The number of rotatable bonds is 4. The fourth-order valence-electron chi connectivity index (χ4n) is 1.58. The van der Waals surface area contributed by atoms with Crippen LogP contribution in [-0.2, 0) is 6.54 Å². The molecule has 0 saturated heterocycles. The van der Waals surface area contributed by atoms with Gasteiger partial charge in [0.05, 0.1) is 17.7 Å². The summed E-state index contributed by atoms with van der Waals surface area (Å²) in [5.41, 5.74) is -0.661. The standard InChI is InChI=1S/C12H8BrN3O4/c13-10-4-2-1-3-9(10)11(17)7-15-6-8(16(19)20)5-14-12(15)18/h1-6H,7H2. The van der Waals surface area contributed by atoms with Crippen LogP contribution in [0.4, 0.5) is 5.69 Å². The molecule has 0 amide bonds. The number of hydrogen-bond acceptors (Lipinski definition) is 5. The monoisotopic (exact) mass is 337 g/mol. The van der Waals surface area contributed by atoms with Crippen molar-refractivity contribution in [2.75, 3.05) is 0 Å². The zero-order valence-electron chi connectivity index (χ0n) is 10.0. The molecule has 8 heteroatoms. The molecule has 0 saturated carbocycles. The van der Waals surface area contributed by atoms with Crippen molar-refractivity contribution in [3.8, 4) is 0 Å². The summed E-state index contributed by atoms with van der Waals surface area (Å²) in [4.78, 5) is 36.9. The minimum Gasteiger partial charge on any atom is -0.292 e. The minimum absolute atomic E-state index is 0.309. The maximum absolute atomic E-state index is 12.1. The first kappa shape index (κ1) is 14.1. The van der Waals surface area contributed by atoms with Crippen LogP contribution < -0.4 is 5.69 Å². The van der Waals surface area contributed by atoms with E-state index in [9.17, 15) is 19.7 Å². The number of carbonyl (C=O) groups excluding carboxylic acids is 1. The van der Waals surface area contributed by atoms with Gasteiger partial charge in [0, 0.05) is 10.0 Å². The van der Waals surface area contributed by atoms with Crippen LogP contribution in [0.5, 0.6) is 0 Å². The first-order chi connectivity index (χ1) is 9.49. The van der Waals surface area contributed by atoms with Gasteiger partial charge >= 0.3 is 11.4 Å². The number of hydrogen-bond donors (Lipinski definition) is 0. The van der Waals surface area contributed by atoms with Gasteiger partial charge in [0.25, 0.3) is 0 Å². The molecule has 7 nitrogen and oxygen atoms in total. The predicted octanol–water partition coefficient (Wildman–Crippen LogP) is 1.80. The van der Waals surface area contributed by atoms with Gasteiger partial charge in [0.1, 0.15) is 6.20 Å². The molecular weight excluding hydrogens is 330 g/mol. The molecule has 0 bridgehead atoms. The van der Waals surface area contributed by atoms with E-state index in [2.05, 4.69) is 20.9 Å². The number of nitrogens with zero attached hydrogens (tertiary/aromatic N) is 3. The SMILES string of the molecule is O=C(Cn1cc([N+](=O)[O-])cnc1=O)c1ccccc1Br. The molecule has 0 radical (unpaired) electrons. The van der Waals surface area contributed by atoms with E-state index in [-0.39, 0.29) is 18.0 Å². The van der Waals surface area contributed by atoms with E-state index in [1.54, 1.807) is 24.3 Å². The Labute approximate surface area is 121 Å². The number of ketones is 1. The second-order valence-electron chi connectivity index (χ2n) is 3.88. The summed E-state index contributed by atoms with van der Waals surface area (Å²) in [5, 5.41) is 10.6. The fraction of sp³-hybridized carbons (Fsp3) is 0.0833. The third kappa shape index (κ3) is 2.97. The zero-order chi connectivity index (χ0) is 14.7. The number of carbonyl (C=O) groups is 1. The topological polar surface area (TPSA) is 95.1 Å². The molecule has 0 atom stereocenters. The second kappa shape index (κ2) is 5.74. The van der Waals surface area contributed by atoms with Gasteiger partial charge in [0.15, 0.2) is 5.78 Å². The van der Waals surface area contributed by atoms with Crippen LogP contribution in [0.15, 0.2) is 45.9 Å². The maximum atomic E-state index is 12.1. The second-order valence-corrected chi connectivity index (χ2v) is 4.74. The molecule has 1 heterocycles. The van der Waals surface area contributed by atoms with E-state index in [0.29, 0.717) is 10.0 Å². The number of Topliss-reactive ketones (excluding diaryl/α,β-unsaturated/α-hetero) is 1. The smallest absolute Gasteiger partial charge is 0.292 e. The molecule has 0 unspecified atom stereocenters. The Morgan fingerprint density at radius 2 is 2.10 bits per heavy atom. The van der Waals surface area contributed by atoms with E-state index in [1.165, 1.54) is 0 Å². The lowest BCUT2D eigenvalue weighted by Gasteiger charge is -2.05. The molecule has 102 valence electrons. The van der Waals surface area contributed by atoms with Gasteiger partial charge in [-0.05, 0) is 6.07 Å². The van der Waals surface area contributed by atoms with Gasteiger partial charge in [-0.2, -0.15) is 4.98 Å². The molecule has 0 N–H and O–H groups in total. The summed E-state index contributed by atoms with van der Waals surface area (Å²) in [6.07, 6.45) is 1.87. The normalized spacial score (nSPS) is 10.2. The van der Waals surface area contributed by atoms with Gasteiger partial charge in [0.2, 0.25) is 0 Å². The molecule has 0 aliphatic carbocycles. The van der Waals surface area contributed by atoms with Crippen molar-refractivity contribution in [2.24, 2.45) is 0 Å². The Balaban J connectivity index is 2.33. The van der Waals surface area contributed by atoms with Crippen molar-refractivity contribution in [2.45, 2.75) is 6.54 Å². The highest BCUT2D eigenvalue weighted by Crippen LogP contribution is 2.17. The van der Waals surface area contributed by atoms with E-state index in [1.807, 2.05) is 0 Å². The van der Waals surface area contributed by atoms with E-state index < -0.39 is 10.6 Å². The number of halogens is 1. The number of benzene rings is 1. The first-order valence-electron chi connectivity index (χ1n) is 5.47. The summed E-state index contributed by atoms with van der Waals surface area (Å²) in [7, 11) is 0. The van der Waals surface area contributed by atoms with Crippen LogP contribution in [0.1, 0.15) is 10.4 Å². The third-order valence-corrected chi connectivity index (χ3v) is 3.23. The van der Waals surface area contributed by atoms with Crippen molar-refractivity contribution in [3.05, 3.63) is 67.3 Å². The molecule has 1 aromatic heterocycles. The summed E-state index contributed by atoms with van der Waals surface area (Å²) in [6, 6.07) is 6.73. The molecule has 2 aromatic rings. The molecule has 2 rings (SSSR count). The van der Waals surface area contributed by atoms with E-state index in [0.717, 1.165) is 17.0 Å². The van der Waals surface area contributed by atoms with Crippen LogP contribution in [0.25, 0.3) is 0 Å². The van der Waals surface area contributed by atoms with Crippen LogP contribution in [0.3, 0.4) is 0 Å². The maximum Gasteiger partial charge on any atom is 0.348 e. The van der Waals surface area contributed by atoms with Gasteiger partial charge < -0.3 is 0 Å². The lowest BCUT2D eigenvalue weighted by Crippen LogP contribution is -2.26. The molecule has 0 aliphatic heterocycles. The number of nitro groups is 1. The summed E-state index contributed by atoms with van der Waals surface area (Å²) in [5.74, 6) is -0.345. The van der Waals surface area contributed by atoms with Crippen molar-refractivity contribution in [1.29, 1.82) is 0 Å². The van der Waals surface area contributed by atoms with Crippen molar-refractivity contribution < 1.29 is 9.72 Å². The highest BCUT2D eigenvalue weighted by molar-refractivity contribution is 9.10. The first-order valence-corrected chi connectivity index (χ1v) is 6.27. The molecule has 0 spiro atoms. The average Bonchev–Trinajstić information content (AvgIpc) is 2.41. The Bertz CT molecular complexity index is 741. The van der Waals surface area contributed by atoms with Crippen LogP contribution in [0, 0.1) is 10.1 Å². The molecule has 0 aliphatic rings. The lowest BCUT2D eigenvalue weighted by atomic mass is 10.1. The quantitative estimate of drug-likeness (QED) is 0.481. The van der Waals surface area contributed by atoms with Gasteiger partial charge in [-0.25, -0.2) is 4.79 Å². The van der Waals surface area contributed by atoms with Crippen LogP contribution in [-0.4, -0.2) is 20.3 Å². The van der Waals surface area contributed by atoms with Gasteiger partial charge in [-0.1, -0.05) is 34.1 Å². The molecule has 1 aromatic carbocycles. The fourth-order valence-corrected chi connectivity index (χ4v) is 2.08. The Morgan fingerprint density at radius 1 is 1.40 bits per heavy atom. The molecular formula is C12H8BrN3O4. The van der Waals surface area contributed by atoms with E-state index in [4.69, 9.17) is 0 Å². The number of aromatic nitrogens is 2. The van der Waals surface area contributed by atoms with Crippen LogP contribution in [0.2, 0.25) is 0 Å². The lowest BCUT2D eigenvalue weighted by molar-refractivity contribution is -0.385. The van der Waals surface area contributed by atoms with Gasteiger partial charge in [-0.3, -0.25) is 19.5 Å². The van der Waals surface area contributed by atoms with Crippen molar-refractivity contribution in [3.63, 3.8) is 0 Å². The van der Waals surface area contributed by atoms with E-state index >= 15 is 0 Å². The summed E-state index contributed by atoms with van der Waals surface area (Å²) in [6.45, 7) is -0.309. The third-order valence-electron chi connectivity index (χ3n) is 2.54. The van der Waals surface area contributed by atoms with Gasteiger partial charge in [-0.15, -0.1) is 0 Å². The van der Waals surface area contributed by atoms with Crippen molar-refractivity contribution in [1.82, 2.24) is 9.55 Å². The highest BCUT2D eigenvalue weighted by Gasteiger charge is 2.14. The van der Waals surface area contributed by atoms with Crippen molar-refractivity contribution >= 4 is 27.4 Å². The Hall–Kier alpha value is -2.35. The minimum atomic E-state index is -0.712. The predicted molar refractivity (Wildman–Crippen MR) is 73.6 cm³/mol. The highest BCUT2D eigenvalue weighted by atomic mass is 79.9. The largest absolute Gasteiger partial charge is 0.348 e. The molecule has 20 heavy (non-hydrogen) atoms.